The number of aromatic nitrogens is 2. The molecule has 1 heterocycles. The van der Waals surface area contributed by atoms with Gasteiger partial charge in [-0.25, -0.2) is 4.98 Å². The molecule has 112 valence electrons. The average molecular weight is 376 g/mol. The number of nitrogens with zero attached hydrogens (tertiary/aromatic N) is 2. The van der Waals surface area contributed by atoms with Crippen molar-refractivity contribution in [2.24, 2.45) is 0 Å². The van der Waals surface area contributed by atoms with Crippen LogP contribution in [0.5, 0.6) is 28.9 Å². The normalized spacial score (nSPS) is 10.1. The predicted octanol–water partition coefficient (Wildman–Crippen LogP) is 3.71. The first-order chi connectivity index (χ1) is 10.1. The number of hydrogen-bond donors (Lipinski definition) is 0. The summed E-state index contributed by atoms with van der Waals surface area (Å²) in [6.07, 6.45) is 1.50. The van der Waals surface area contributed by atoms with Gasteiger partial charge in [0.25, 0.3) is 0 Å². The summed E-state index contributed by atoms with van der Waals surface area (Å²) in [6.45, 7) is 0. The molecule has 0 N–H and O–H groups in total. The van der Waals surface area contributed by atoms with Crippen LogP contribution in [-0.4, -0.2) is 31.3 Å². The Balaban J connectivity index is 2.42. The second kappa shape index (κ2) is 6.82. The highest BCUT2D eigenvalue weighted by Gasteiger charge is 2.15. The van der Waals surface area contributed by atoms with Crippen molar-refractivity contribution in [3.05, 3.63) is 28.1 Å². The Hall–Kier alpha value is -1.73. The van der Waals surface area contributed by atoms with Gasteiger partial charge < -0.3 is 18.9 Å². The van der Waals surface area contributed by atoms with Gasteiger partial charge in [-0.15, -0.1) is 0 Å². The van der Waals surface area contributed by atoms with Crippen LogP contribution in [0.2, 0.25) is 5.28 Å². The Bertz CT molecular complexity index is 629. The average Bonchev–Trinajstić information content (AvgIpc) is 2.49. The fourth-order valence-electron chi connectivity index (χ4n) is 1.63. The Morgan fingerprint density at radius 1 is 1.05 bits per heavy atom. The Kier molecular flexibility index (Phi) is 5.08. The zero-order valence-corrected chi connectivity index (χ0v) is 13.9. The summed E-state index contributed by atoms with van der Waals surface area (Å²) in [6, 6.07) is 3.31. The molecule has 0 aliphatic carbocycles. The van der Waals surface area contributed by atoms with Crippen LogP contribution in [0.15, 0.2) is 22.8 Å². The van der Waals surface area contributed by atoms with Crippen molar-refractivity contribution in [1.29, 1.82) is 0 Å². The van der Waals surface area contributed by atoms with Gasteiger partial charge in [0.2, 0.25) is 16.9 Å². The van der Waals surface area contributed by atoms with E-state index in [0.717, 1.165) is 0 Å². The Labute approximate surface area is 135 Å². The van der Waals surface area contributed by atoms with E-state index < -0.39 is 0 Å². The first-order valence-corrected chi connectivity index (χ1v) is 6.92. The van der Waals surface area contributed by atoms with E-state index in [1.807, 2.05) is 0 Å². The summed E-state index contributed by atoms with van der Waals surface area (Å²) in [5.74, 6) is 2.17. The van der Waals surface area contributed by atoms with E-state index in [4.69, 9.17) is 30.5 Å². The molecule has 0 spiro atoms. The van der Waals surface area contributed by atoms with Gasteiger partial charge in [0.15, 0.2) is 11.5 Å². The van der Waals surface area contributed by atoms with Gasteiger partial charge in [0, 0.05) is 18.3 Å². The van der Waals surface area contributed by atoms with Crippen molar-refractivity contribution in [2.75, 3.05) is 21.3 Å². The Morgan fingerprint density at radius 3 is 2.19 bits per heavy atom. The van der Waals surface area contributed by atoms with Crippen LogP contribution in [0.1, 0.15) is 0 Å². The van der Waals surface area contributed by atoms with Gasteiger partial charge in [0.1, 0.15) is 5.75 Å². The maximum absolute atomic E-state index is 5.76. The van der Waals surface area contributed by atoms with Gasteiger partial charge >= 0.3 is 0 Å². The standard InChI is InChI=1S/C13H12BrClN2O4/c1-18-9-4-7(5-10(19-2)11(9)20-3)21-12-8(14)6-16-13(15)17-12/h4-6H,1-3H3. The third-order valence-electron chi connectivity index (χ3n) is 2.54. The predicted molar refractivity (Wildman–Crippen MR) is 80.9 cm³/mol. The molecule has 0 aliphatic heterocycles. The lowest BCUT2D eigenvalue weighted by molar-refractivity contribution is 0.320. The Morgan fingerprint density at radius 2 is 1.67 bits per heavy atom. The molecular weight excluding hydrogens is 364 g/mol. The zero-order chi connectivity index (χ0) is 15.4. The van der Waals surface area contributed by atoms with Gasteiger partial charge in [-0.3, -0.25) is 0 Å². The van der Waals surface area contributed by atoms with Crippen molar-refractivity contribution in [3.8, 4) is 28.9 Å². The van der Waals surface area contributed by atoms with E-state index in [9.17, 15) is 0 Å². The van der Waals surface area contributed by atoms with Crippen molar-refractivity contribution >= 4 is 27.5 Å². The number of rotatable bonds is 5. The van der Waals surface area contributed by atoms with Crippen molar-refractivity contribution in [2.45, 2.75) is 0 Å². The zero-order valence-electron chi connectivity index (χ0n) is 11.5. The van der Waals surface area contributed by atoms with Crippen LogP contribution in [0, 0.1) is 0 Å². The largest absolute Gasteiger partial charge is 0.493 e. The summed E-state index contributed by atoms with van der Waals surface area (Å²) in [7, 11) is 4.58. The minimum absolute atomic E-state index is 0.0839. The lowest BCUT2D eigenvalue weighted by Gasteiger charge is -2.14. The summed E-state index contributed by atoms with van der Waals surface area (Å²) < 4.78 is 22.0. The fraction of sp³-hybridized carbons (Fsp3) is 0.231. The van der Waals surface area contributed by atoms with Gasteiger partial charge in [-0.05, 0) is 27.5 Å². The highest BCUT2D eigenvalue weighted by molar-refractivity contribution is 9.10. The first-order valence-electron chi connectivity index (χ1n) is 5.75. The fourth-order valence-corrected chi connectivity index (χ4v) is 2.03. The van der Waals surface area contributed by atoms with E-state index in [0.29, 0.717) is 27.5 Å². The monoisotopic (exact) mass is 374 g/mol. The molecule has 1 aromatic heterocycles. The summed E-state index contributed by atoms with van der Waals surface area (Å²) >= 11 is 9.05. The van der Waals surface area contributed by atoms with Crippen LogP contribution < -0.4 is 18.9 Å². The minimum atomic E-state index is 0.0839. The van der Waals surface area contributed by atoms with Crippen LogP contribution in [-0.2, 0) is 0 Å². The topological polar surface area (TPSA) is 62.7 Å². The van der Waals surface area contributed by atoms with E-state index in [2.05, 4.69) is 25.9 Å². The molecule has 0 amide bonds. The number of benzene rings is 1. The summed E-state index contributed by atoms with van der Waals surface area (Å²) in [4.78, 5) is 7.83. The highest BCUT2D eigenvalue weighted by Crippen LogP contribution is 2.42. The molecular formula is C13H12BrClN2O4. The summed E-state index contributed by atoms with van der Waals surface area (Å²) in [5.41, 5.74) is 0. The third-order valence-corrected chi connectivity index (χ3v) is 3.26. The minimum Gasteiger partial charge on any atom is -0.493 e. The molecule has 0 bridgehead atoms. The lowest BCUT2D eigenvalue weighted by atomic mass is 10.2. The smallest absolute Gasteiger partial charge is 0.237 e. The second-order valence-electron chi connectivity index (χ2n) is 3.76. The second-order valence-corrected chi connectivity index (χ2v) is 4.95. The lowest BCUT2D eigenvalue weighted by Crippen LogP contribution is -1.97. The maximum Gasteiger partial charge on any atom is 0.237 e. The van der Waals surface area contributed by atoms with Crippen molar-refractivity contribution in [3.63, 3.8) is 0 Å². The molecule has 2 rings (SSSR count). The van der Waals surface area contributed by atoms with Crippen LogP contribution in [0.4, 0.5) is 0 Å². The van der Waals surface area contributed by atoms with E-state index in [-0.39, 0.29) is 11.2 Å². The van der Waals surface area contributed by atoms with Gasteiger partial charge in [0.05, 0.1) is 25.8 Å². The number of ether oxygens (including phenoxy) is 4. The molecule has 0 atom stereocenters. The van der Waals surface area contributed by atoms with Crippen molar-refractivity contribution < 1.29 is 18.9 Å². The van der Waals surface area contributed by atoms with Crippen LogP contribution >= 0.6 is 27.5 Å². The molecule has 2 aromatic rings. The van der Waals surface area contributed by atoms with E-state index in [1.54, 1.807) is 12.1 Å². The molecule has 21 heavy (non-hydrogen) atoms. The molecule has 0 unspecified atom stereocenters. The van der Waals surface area contributed by atoms with Crippen LogP contribution in [0.3, 0.4) is 0 Å². The van der Waals surface area contributed by atoms with E-state index >= 15 is 0 Å². The SMILES string of the molecule is COc1cc(Oc2nc(Cl)ncc2Br)cc(OC)c1OC. The summed E-state index contributed by atoms with van der Waals surface area (Å²) in [5, 5.41) is 0.0839. The van der Waals surface area contributed by atoms with E-state index in [1.165, 1.54) is 27.5 Å². The molecule has 0 aliphatic rings. The molecule has 1 aromatic carbocycles. The number of hydrogen-bond acceptors (Lipinski definition) is 6. The molecule has 0 saturated carbocycles. The van der Waals surface area contributed by atoms with Crippen molar-refractivity contribution in [1.82, 2.24) is 9.97 Å². The molecule has 0 saturated heterocycles. The number of halogens is 2. The quantitative estimate of drug-likeness (QED) is 0.742. The first kappa shape index (κ1) is 15.7. The van der Waals surface area contributed by atoms with Gasteiger partial charge in [-0.1, -0.05) is 0 Å². The highest BCUT2D eigenvalue weighted by atomic mass is 79.9. The molecule has 0 fully saturated rings. The molecule has 6 nitrogen and oxygen atoms in total. The number of methoxy groups -OCH3 is 3. The maximum atomic E-state index is 5.76. The van der Waals surface area contributed by atoms with Gasteiger partial charge in [-0.2, -0.15) is 4.98 Å². The molecule has 0 radical (unpaired) electrons. The third kappa shape index (κ3) is 3.48. The van der Waals surface area contributed by atoms with Crippen LogP contribution in [0.25, 0.3) is 0 Å². The molecule has 8 heteroatoms.